The minimum Gasteiger partial charge on any atom is -0.396 e. The fraction of sp³-hybridized carbons (Fsp3) is 0.526. The number of carbonyl (C=O) groups is 1. The predicted molar refractivity (Wildman–Crippen MR) is 92.4 cm³/mol. The van der Waals surface area contributed by atoms with E-state index in [1.807, 2.05) is 17.2 Å². The summed E-state index contributed by atoms with van der Waals surface area (Å²) < 4.78 is 0. The van der Waals surface area contributed by atoms with Crippen LogP contribution < -0.4 is 0 Å². The molecule has 0 aliphatic carbocycles. The molecule has 1 aliphatic rings. The zero-order valence-corrected chi connectivity index (χ0v) is 14.1. The molecule has 2 aromatic rings. The number of benzene rings is 1. The van der Waals surface area contributed by atoms with Crippen LogP contribution in [-0.2, 0) is 11.2 Å². The highest BCUT2D eigenvalue weighted by molar-refractivity contribution is 5.90. The minimum atomic E-state index is 0.0225. The van der Waals surface area contributed by atoms with Gasteiger partial charge in [0.15, 0.2) is 0 Å². The van der Waals surface area contributed by atoms with Gasteiger partial charge in [-0.15, -0.1) is 0 Å². The minimum absolute atomic E-state index is 0.0225. The van der Waals surface area contributed by atoms with Gasteiger partial charge in [-0.2, -0.15) is 0 Å². The normalized spacial score (nSPS) is 17.6. The molecular weight excluding hydrogens is 288 g/mol. The van der Waals surface area contributed by atoms with Gasteiger partial charge in [-0.1, -0.05) is 25.1 Å². The van der Waals surface area contributed by atoms with Crippen LogP contribution in [0.1, 0.15) is 37.3 Å². The molecule has 2 N–H and O–H groups in total. The maximum atomic E-state index is 12.6. The van der Waals surface area contributed by atoms with Crippen LogP contribution >= 0.6 is 0 Å². The second kappa shape index (κ2) is 6.36. The van der Waals surface area contributed by atoms with Crippen LogP contribution in [0.15, 0.2) is 24.4 Å². The van der Waals surface area contributed by atoms with Gasteiger partial charge in [0, 0.05) is 36.8 Å². The summed E-state index contributed by atoms with van der Waals surface area (Å²) in [4.78, 5) is 17.9. The van der Waals surface area contributed by atoms with E-state index in [2.05, 4.69) is 31.0 Å². The highest BCUT2D eigenvalue weighted by Crippen LogP contribution is 2.34. The lowest BCUT2D eigenvalue weighted by atomic mass is 9.77. The van der Waals surface area contributed by atoms with Gasteiger partial charge in [0.2, 0.25) is 5.91 Å². The maximum Gasteiger partial charge on any atom is 0.227 e. The molecule has 0 unspecified atom stereocenters. The van der Waals surface area contributed by atoms with E-state index in [1.165, 1.54) is 5.56 Å². The molecule has 1 aliphatic heterocycles. The number of aryl methyl sites for hydroxylation is 1. The first kappa shape index (κ1) is 16.1. The Morgan fingerprint density at radius 1 is 1.35 bits per heavy atom. The number of piperidine rings is 1. The Balaban J connectivity index is 1.69. The molecule has 0 atom stereocenters. The van der Waals surface area contributed by atoms with Crippen molar-refractivity contribution in [1.82, 2.24) is 9.88 Å². The van der Waals surface area contributed by atoms with Gasteiger partial charge < -0.3 is 15.0 Å². The van der Waals surface area contributed by atoms with Crippen LogP contribution in [-0.4, -0.2) is 40.6 Å². The number of aliphatic hydroxyl groups is 1. The zero-order chi connectivity index (χ0) is 16.4. The molecule has 124 valence electrons. The van der Waals surface area contributed by atoms with E-state index in [1.54, 1.807) is 0 Å². The molecular formula is C19H26N2O2. The fourth-order valence-corrected chi connectivity index (χ4v) is 3.64. The molecule has 1 amide bonds. The van der Waals surface area contributed by atoms with E-state index in [9.17, 15) is 9.90 Å². The smallest absolute Gasteiger partial charge is 0.227 e. The van der Waals surface area contributed by atoms with E-state index in [-0.39, 0.29) is 17.9 Å². The Morgan fingerprint density at radius 2 is 2.09 bits per heavy atom. The number of aromatic amines is 1. The largest absolute Gasteiger partial charge is 0.396 e. The number of fused-ring (bicyclic) bond motifs is 1. The predicted octanol–water partition coefficient (Wildman–Crippen LogP) is 3.03. The molecule has 4 nitrogen and oxygen atoms in total. The van der Waals surface area contributed by atoms with Crippen molar-refractivity contribution in [2.75, 3.05) is 19.7 Å². The summed E-state index contributed by atoms with van der Waals surface area (Å²) >= 11 is 0. The Kier molecular flexibility index (Phi) is 4.44. The molecule has 1 aromatic heterocycles. The lowest BCUT2D eigenvalue weighted by Crippen LogP contribution is -2.44. The summed E-state index contributed by atoms with van der Waals surface area (Å²) in [5.41, 5.74) is 3.42. The lowest BCUT2D eigenvalue weighted by molar-refractivity contribution is -0.133. The second-order valence-electron chi connectivity index (χ2n) is 6.88. The van der Waals surface area contributed by atoms with Crippen LogP contribution in [0.3, 0.4) is 0 Å². The van der Waals surface area contributed by atoms with Gasteiger partial charge in [-0.05, 0) is 42.7 Å². The first-order valence-corrected chi connectivity index (χ1v) is 8.53. The van der Waals surface area contributed by atoms with Crippen molar-refractivity contribution >= 4 is 16.8 Å². The average Bonchev–Trinajstić information content (AvgIpc) is 2.99. The standard InChI is InChI=1S/C19H26N2O2/c1-3-19(13-22)7-9-21(10-8-19)17(23)11-15-12-20-18-14(2)5-4-6-16(15)18/h4-6,12,20,22H,3,7-11,13H2,1-2H3. The van der Waals surface area contributed by atoms with Gasteiger partial charge in [0.1, 0.15) is 0 Å². The number of aliphatic hydroxyl groups excluding tert-OH is 1. The Morgan fingerprint density at radius 3 is 2.74 bits per heavy atom. The number of para-hydroxylation sites is 1. The second-order valence-corrected chi connectivity index (χ2v) is 6.88. The third-order valence-corrected chi connectivity index (χ3v) is 5.61. The molecule has 3 rings (SSSR count). The highest BCUT2D eigenvalue weighted by atomic mass is 16.3. The average molecular weight is 314 g/mol. The first-order chi connectivity index (χ1) is 11.1. The third kappa shape index (κ3) is 3.00. The fourth-order valence-electron chi connectivity index (χ4n) is 3.64. The van der Waals surface area contributed by atoms with Crippen molar-refractivity contribution in [2.24, 2.45) is 5.41 Å². The van der Waals surface area contributed by atoms with Gasteiger partial charge in [-0.25, -0.2) is 0 Å². The van der Waals surface area contributed by atoms with Crippen molar-refractivity contribution in [3.8, 4) is 0 Å². The van der Waals surface area contributed by atoms with Crippen LogP contribution in [0.25, 0.3) is 10.9 Å². The molecule has 0 spiro atoms. The number of H-pyrrole nitrogens is 1. The van der Waals surface area contributed by atoms with Crippen LogP contribution in [0.4, 0.5) is 0 Å². The van der Waals surface area contributed by atoms with Crippen LogP contribution in [0.2, 0.25) is 0 Å². The molecule has 0 radical (unpaired) electrons. The Hall–Kier alpha value is -1.81. The first-order valence-electron chi connectivity index (χ1n) is 8.53. The summed E-state index contributed by atoms with van der Waals surface area (Å²) in [5, 5.41) is 10.8. The molecule has 1 saturated heterocycles. The van der Waals surface area contributed by atoms with Crippen LogP contribution in [0.5, 0.6) is 0 Å². The number of hydrogen-bond donors (Lipinski definition) is 2. The summed E-state index contributed by atoms with van der Waals surface area (Å²) in [7, 11) is 0. The summed E-state index contributed by atoms with van der Waals surface area (Å²) in [5.74, 6) is 0.190. The van der Waals surface area contributed by atoms with E-state index in [4.69, 9.17) is 0 Å². The molecule has 2 heterocycles. The molecule has 0 bridgehead atoms. The molecule has 1 fully saturated rings. The van der Waals surface area contributed by atoms with Crippen LogP contribution in [0, 0.1) is 12.3 Å². The van der Waals surface area contributed by atoms with Crippen molar-refractivity contribution in [1.29, 1.82) is 0 Å². The van der Waals surface area contributed by atoms with Gasteiger partial charge in [0.25, 0.3) is 0 Å². The van der Waals surface area contributed by atoms with Gasteiger partial charge in [0.05, 0.1) is 6.42 Å². The van der Waals surface area contributed by atoms with Gasteiger partial charge >= 0.3 is 0 Å². The Labute approximate surface area is 137 Å². The third-order valence-electron chi connectivity index (χ3n) is 5.61. The quantitative estimate of drug-likeness (QED) is 0.911. The number of likely N-dealkylation sites (tertiary alicyclic amines) is 1. The van der Waals surface area contributed by atoms with E-state index < -0.39 is 0 Å². The Bertz CT molecular complexity index is 690. The molecule has 1 aromatic carbocycles. The van der Waals surface area contributed by atoms with Crippen molar-refractivity contribution in [2.45, 2.75) is 39.5 Å². The van der Waals surface area contributed by atoms with Crippen molar-refractivity contribution in [3.63, 3.8) is 0 Å². The number of carbonyl (C=O) groups excluding carboxylic acids is 1. The summed E-state index contributed by atoms with van der Waals surface area (Å²) in [6.07, 6.45) is 5.19. The van der Waals surface area contributed by atoms with E-state index >= 15 is 0 Å². The maximum absolute atomic E-state index is 12.6. The number of amides is 1. The monoisotopic (exact) mass is 314 g/mol. The topological polar surface area (TPSA) is 56.3 Å². The molecule has 0 saturated carbocycles. The zero-order valence-electron chi connectivity index (χ0n) is 14.1. The highest BCUT2D eigenvalue weighted by Gasteiger charge is 2.33. The summed E-state index contributed by atoms with van der Waals surface area (Å²) in [6, 6.07) is 6.19. The molecule has 23 heavy (non-hydrogen) atoms. The molecule has 4 heteroatoms. The number of hydrogen-bond acceptors (Lipinski definition) is 2. The lowest BCUT2D eigenvalue weighted by Gasteiger charge is -2.40. The number of aromatic nitrogens is 1. The number of rotatable bonds is 4. The summed E-state index contributed by atoms with van der Waals surface area (Å²) in [6.45, 7) is 5.95. The van der Waals surface area contributed by atoms with Crippen molar-refractivity contribution < 1.29 is 9.90 Å². The number of nitrogens with zero attached hydrogens (tertiary/aromatic N) is 1. The van der Waals surface area contributed by atoms with Gasteiger partial charge in [-0.3, -0.25) is 4.79 Å². The van der Waals surface area contributed by atoms with E-state index in [0.717, 1.165) is 48.8 Å². The van der Waals surface area contributed by atoms with Crippen molar-refractivity contribution in [3.05, 3.63) is 35.5 Å². The SMILES string of the molecule is CCC1(CO)CCN(C(=O)Cc2c[nH]c3c(C)cccc23)CC1. The number of nitrogens with one attached hydrogen (secondary N) is 1. The van der Waals surface area contributed by atoms with E-state index in [0.29, 0.717) is 6.42 Å².